The third kappa shape index (κ3) is 39.1. The quantitative estimate of drug-likeness (QED) is 0.533. The normalized spacial score (nSPS) is 9.65. The third-order valence-electron chi connectivity index (χ3n) is 1.39. The minimum absolute atomic E-state index is 0.120. The van der Waals surface area contributed by atoms with Crippen LogP contribution in [0, 0.1) is 0 Å². The Morgan fingerprint density at radius 1 is 0.739 bits per heavy atom. The Balaban J connectivity index is -0.000000278. The monoisotopic (exact) mass is 426 g/mol. The second kappa shape index (κ2) is 20.0. The fourth-order valence-corrected chi connectivity index (χ4v) is 1.22. The van der Waals surface area contributed by atoms with Crippen LogP contribution in [0.2, 0.25) is 58.9 Å². The van der Waals surface area contributed by atoms with Crippen LogP contribution in [0.1, 0.15) is 5.56 Å². The van der Waals surface area contributed by atoms with Gasteiger partial charge in [-0.2, -0.15) is 0 Å². The smallest absolute Gasteiger partial charge is 0.0379 e. The van der Waals surface area contributed by atoms with Gasteiger partial charge in [-0.1, -0.05) is 58.9 Å². The van der Waals surface area contributed by atoms with Crippen LogP contribution >= 0.6 is 0 Å². The second-order valence-corrected chi connectivity index (χ2v) is 16.3. The number of rotatable bonds is 2. The topological polar surface area (TPSA) is 9.23 Å². The first-order valence-electron chi connectivity index (χ1n) is 7.84. The first kappa shape index (κ1) is 27.8. The Bertz CT molecular complexity index is 341. The largest absolute Gasteiger partial charge is 0.0715 e. The van der Waals surface area contributed by atoms with Crippen LogP contribution in [-0.4, -0.2) is 50.0 Å². The maximum Gasteiger partial charge on any atom is 0.0379 e. The fraction of sp³-hybridized carbons (Fsp3) is 0.556. The van der Waals surface area contributed by atoms with Gasteiger partial charge in [0.05, 0.1) is 0 Å². The molecule has 0 fully saturated rings. The molecule has 0 unspecified atom stereocenters. The summed E-state index contributed by atoms with van der Waals surface area (Å²) in [5.74, 6) is 0.901. The molecule has 0 spiro atoms. The van der Waals surface area contributed by atoms with Gasteiger partial charge in [0.15, 0.2) is 0 Å². The molecule has 1 aromatic rings. The maximum absolute atomic E-state index is 5.02. The van der Waals surface area contributed by atoms with Crippen molar-refractivity contribution in [3.63, 3.8) is 0 Å². The Morgan fingerprint density at radius 2 is 1.04 bits per heavy atom. The van der Waals surface area contributed by atoms with Gasteiger partial charge in [0.1, 0.15) is 0 Å². The van der Waals surface area contributed by atoms with Crippen molar-refractivity contribution < 1.29 is 4.74 Å². The zero-order valence-corrected chi connectivity index (χ0v) is 22.0. The van der Waals surface area contributed by atoms with Crippen molar-refractivity contribution in [2.24, 2.45) is 0 Å². The van der Waals surface area contributed by atoms with Gasteiger partial charge in [0, 0.05) is 26.4 Å². The number of ether oxygens (including phenoxy) is 1. The molecule has 0 aliphatic carbocycles. The molecule has 0 saturated heterocycles. The molecule has 0 N–H and O–H groups in total. The molecule has 1 aromatic carbocycles. The summed E-state index contributed by atoms with van der Waals surface area (Å²) < 4.78 is 5.02. The van der Waals surface area contributed by atoms with Gasteiger partial charge in [-0.25, -0.2) is 0 Å². The maximum atomic E-state index is 5.02. The van der Waals surface area contributed by atoms with Crippen LogP contribution in [0.4, 0.5) is 0 Å². The molecular formula is C18H36GeOSi3. The SMILES string of the molecule is COc1ccc(/C=[CH]/[Ge])cc1.C[Si](C)C.C[Si](C)C.C[Si](C)C. The molecule has 23 heavy (non-hydrogen) atoms. The standard InChI is InChI=1S/C9H9GeO.3C3H9Si/c1-11-9-4-2-8(3-5-9)6-7-10;3*1-4(2)3/h2-7H,1H3;3*1-3H3/b7-6+;;;. The van der Waals surface area contributed by atoms with E-state index in [0.29, 0.717) is 0 Å². The van der Waals surface area contributed by atoms with E-state index >= 15 is 0 Å². The summed E-state index contributed by atoms with van der Waals surface area (Å²) in [6.07, 6.45) is 2.06. The molecule has 0 aromatic heterocycles. The molecule has 6 radical (unpaired) electrons. The van der Waals surface area contributed by atoms with Crippen molar-refractivity contribution in [3.8, 4) is 5.75 Å². The molecule has 1 nitrogen and oxygen atoms in total. The first-order chi connectivity index (χ1) is 10.6. The summed E-state index contributed by atoms with van der Waals surface area (Å²) >= 11 is 2.00. The molecule has 0 bridgehead atoms. The molecule has 0 aliphatic heterocycles. The molecule has 0 atom stereocenters. The summed E-state index contributed by atoms with van der Waals surface area (Å²) in [7, 11) is 2.03. The van der Waals surface area contributed by atoms with Crippen LogP contribution in [0.25, 0.3) is 6.08 Å². The Labute approximate surface area is 160 Å². The van der Waals surface area contributed by atoms with Gasteiger partial charge in [0.25, 0.3) is 0 Å². The summed E-state index contributed by atoms with van der Waals surface area (Å²) in [6, 6.07) is 7.96. The fourth-order valence-electron chi connectivity index (χ4n) is 0.811. The first-order valence-corrected chi connectivity index (χ1v) is 18.1. The molecule has 0 aliphatic rings. The summed E-state index contributed by atoms with van der Waals surface area (Å²) in [4.78, 5) is 2.02. The van der Waals surface area contributed by atoms with Crippen molar-refractivity contribution in [2.45, 2.75) is 58.9 Å². The van der Waals surface area contributed by atoms with E-state index in [1.807, 2.05) is 45.7 Å². The molecule has 1 rings (SSSR count). The van der Waals surface area contributed by atoms with Gasteiger partial charge in [-0.05, 0) is 0 Å². The van der Waals surface area contributed by atoms with Crippen LogP contribution in [-0.2, 0) is 0 Å². The van der Waals surface area contributed by atoms with Crippen molar-refractivity contribution in [2.75, 3.05) is 7.11 Å². The minimum Gasteiger partial charge on any atom is -0.0715 e. The zero-order valence-electron chi connectivity index (χ0n) is 16.9. The van der Waals surface area contributed by atoms with Crippen molar-refractivity contribution in [1.29, 1.82) is 0 Å². The van der Waals surface area contributed by atoms with E-state index in [4.69, 9.17) is 4.74 Å². The Kier molecular flexibility index (Phi) is 24.2. The van der Waals surface area contributed by atoms with Gasteiger partial charge in [0.2, 0.25) is 0 Å². The van der Waals surface area contributed by atoms with Crippen LogP contribution < -0.4 is 4.74 Å². The number of benzene rings is 1. The number of methoxy groups -OCH3 is 1. The molecular weight excluding hydrogens is 389 g/mol. The van der Waals surface area contributed by atoms with E-state index in [1.165, 1.54) is 5.56 Å². The molecule has 0 saturated carbocycles. The van der Waals surface area contributed by atoms with Crippen molar-refractivity contribution in [3.05, 3.63) is 34.7 Å². The van der Waals surface area contributed by atoms with E-state index in [1.54, 1.807) is 7.11 Å². The predicted molar refractivity (Wildman–Crippen MR) is 118 cm³/mol. The van der Waals surface area contributed by atoms with Gasteiger partial charge >= 0.3 is 74.9 Å². The molecule has 0 amide bonds. The second-order valence-electron chi connectivity index (χ2n) is 6.61. The molecule has 0 heterocycles. The van der Waals surface area contributed by atoms with Crippen molar-refractivity contribution >= 4 is 49.0 Å². The summed E-state index contributed by atoms with van der Waals surface area (Å²) in [5.41, 5.74) is 1.20. The van der Waals surface area contributed by atoms with Crippen LogP contribution in [0.15, 0.2) is 29.2 Å². The summed E-state index contributed by atoms with van der Waals surface area (Å²) in [5, 5.41) is 0. The Morgan fingerprint density at radius 3 is 1.26 bits per heavy atom. The van der Waals surface area contributed by atoms with Crippen molar-refractivity contribution in [1.82, 2.24) is 0 Å². The van der Waals surface area contributed by atoms with E-state index in [9.17, 15) is 0 Å². The average Bonchev–Trinajstić information content (AvgIpc) is 2.38. The zero-order chi connectivity index (χ0) is 18.8. The number of hydrogen-bond donors (Lipinski definition) is 0. The van der Waals surface area contributed by atoms with E-state index in [2.05, 4.69) is 65.0 Å². The van der Waals surface area contributed by atoms with Gasteiger partial charge in [-0.15, -0.1) is 0 Å². The van der Waals surface area contributed by atoms with Gasteiger partial charge in [-0.3, -0.25) is 0 Å². The van der Waals surface area contributed by atoms with Gasteiger partial charge < -0.3 is 0 Å². The van der Waals surface area contributed by atoms with Crippen LogP contribution in [0.3, 0.4) is 0 Å². The van der Waals surface area contributed by atoms with Crippen LogP contribution in [0.5, 0.6) is 5.75 Å². The molecule has 130 valence electrons. The van der Waals surface area contributed by atoms with E-state index in [-0.39, 0.29) is 26.4 Å². The molecule has 5 heteroatoms. The third-order valence-corrected chi connectivity index (χ3v) is 1.74. The van der Waals surface area contributed by atoms with E-state index in [0.717, 1.165) is 5.75 Å². The Hall–Kier alpha value is -0.0465. The number of hydrogen-bond acceptors (Lipinski definition) is 1. The average molecular weight is 425 g/mol. The predicted octanol–water partition coefficient (Wildman–Crippen LogP) is 5.95. The van der Waals surface area contributed by atoms with E-state index < -0.39 is 0 Å². The minimum atomic E-state index is 0.120. The summed E-state index contributed by atoms with van der Waals surface area (Å²) in [6.45, 7) is 20.4.